The van der Waals surface area contributed by atoms with Crippen molar-refractivity contribution in [1.82, 2.24) is 4.98 Å². The van der Waals surface area contributed by atoms with Crippen LogP contribution in [0.25, 0.3) is 0 Å². The van der Waals surface area contributed by atoms with Gasteiger partial charge in [-0.2, -0.15) is 0 Å². The fourth-order valence-electron chi connectivity index (χ4n) is 1.01. The summed E-state index contributed by atoms with van der Waals surface area (Å²) >= 11 is 0. The first-order valence-corrected chi connectivity index (χ1v) is 4.26. The third-order valence-corrected chi connectivity index (χ3v) is 2.00. The van der Waals surface area contributed by atoms with Gasteiger partial charge in [0, 0.05) is 13.3 Å². The lowest BCUT2D eigenvalue weighted by atomic mass is 10.2. The van der Waals surface area contributed by atoms with E-state index >= 15 is 0 Å². The number of hydrogen-bond acceptors (Lipinski definition) is 4. The van der Waals surface area contributed by atoms with E-state index in [4.69, 9.17) is 4.74 Å². The van der Waals surface area contributed by atoms with Crippen molar-refractivity contribution in [3.63, 3.8) is 0 Å². The highest BCUT2D eigenvalue weighted by Gasteiger charge is 2.08. The van der Waals surface area contributed by atoms with Gasteiger partial charge in [-0.15, -0.1) is 0 Å². The summed E-state index contributed by atoms with van der Waals surface area (Å²) in [6.07, 6.45) is 1.59. The lowest BCUT2D eigenvalue weighted by Crippen LogP contribution is -2.05. The Bertz CT molecular complexity index is 308. The van der Waals surface area contributed by atoms with E-state index in [-0.39, 0.29) is 6.10 Å². The number of nitrogens with zero attached hydrogens (tertiary/aromatic N) is 1. The van der Waals surface area contributed by atoms with Crippen LogP contribution >= 0.6 is 0 Å². The summed E-state index contributed by atoms with van der Waals surface area (Å²) < 4.78 is 9.64. The molecule has 1 rings (SSSR count). The van der Waals surface area contributed by atoms with E-state index in [0.717, 1.165) is 5.56 Å². The summed E-state index contributed by atoms with van der Waals surface area (Å²) in [6.45, 7) is 1.91. The molecule has 14 heavy (non-hydrogen) atoms. The SMILES string of the molecule is COC(=O)c1ccc(C(C)OC)cn1. The highest BCUT2D eigenvalue weighted by molar-refractivity contribution is 5.86. The van der Waals surface area contributed by atoms with Crippen molar-refractivity contribution in [2.24, 2.45) is 0 Å². The average Bonchev–Trinajstić information content (AvgIpc) is 2.27. The minimum atomic E-state index is -0.429. The number of methoxy groups -OCH3 is 2. The van der Waals surface area contributed by atoms with Crippen LogP contribution in [0.4, 0.5) is 0 Å². The lowest BCUT2D eigenvalue weighted by Gasteiger charge is -2.08. The van der Waals surface area contributed by atoms with Gasteiger partial charge in [-0.25, -0.2) is 9.78 Å². The molecule has 0 fully saturated rings. The standard InChI is InChI=1S/C10H13NO3/c1-7(13-2)8-4-5-9(11-6-8)10(12)14-3/h4-7H,1-3H3. The Hall–Kier alpha value is -1.42. The van der Waals surface area contributed by atoms with Crippen LogP contribution in [0, 0.1) is 0 Å². The van der Waals surface area contributed by atoms with Crippen LogP contribution in [0.15, 0.2) is 18.3 Å². The molecule has 0 aromatic carbocycles. The fourth-order valence-corrected chi connectivity index (χ4v) is 1.01. The van der Waals surface area contributed by atoms with Crippen molar-refractivity contribution in [2.75, 3.05) is 14.2 Å². The quantitative estimate of drug-likeness (QED) is 0.687. The Labute approximate surface area is 82.9 Å². The van der Waals surface area contributed by atoms with Gasteiger partial charge in [-0.05, 0) is 18.6 Å². The van der Waals surface area contributed by atoms with Gasteiger partial charge in [-0.1, -0.05) is 6.07 Å². The first kappa shape index (κ1) is 10.7. The molecule has 0 saturated carbocycles. The predicted molar refractivity (Wildman–Crippen MR) is 51.0 cm³/mol. The van der Waals surface area contributed by atoms with E-state index in [0.29, 0.717) is 5.69 Å². The van der Waals surface area contributed by atoms with E-state index in [1.807, 2.05) is 6.92 Å². The van der Waals surface area contributed by atoms with E-state index in [9.17, 15) is 4.79 Å². The summed E-state index contributed by atoms with van der Waals surface area (Å²) in [5.74, 6) is -0.429. The first-order chi connectivity index (χ1) is 6.69. The molecule has 0 aliphatic rings. The fraction of sp³-hybridized carbons (Fsp3) is 0.400. The summed E-state index contributed by atoms with van der Waals surface area (Å²) in [7, 11) is 2.95. The number of rotatable bonds is 3. The van der Waals surface area contributed by atoms with Gasteiger partial charge in [0.15, 0.2) is 0 Å². The van der Waals surface area contributed by atoms with E-state index in [1.54, 1.807) is 25.4 Å². The Kier molecular flexibility index (Phi) is 3.59. The third kappa shape index (κ3) is 2.29. The molecular weight excluding hydrogens is 182 g/mol. The van der Waals surface area contributed by atoms with E-state index in [2.05, 4.69) is 9.72 Å². The maximum absolute atomic E-state index is 11.0. The number of carbonyl (C=O) groups is 1. The molecule has 1 heterocycles. The van der Waals surface area contributed by atoms with E-state index < -0.39 is 5.97 Å². The number of esters is 1. The van der Waals surface area contributed by atoms with Gasteiger partial charge in [0.05, 0.1) is 13.2 Å². The molecule has 0 bridgehead atoms. The van der Waals surface area contributed by atoms with Crippen molar-refractivity contribution in [3.05, 3.63) is 29.6 Å². The Morgan fingerprint density at radius 1 is 1.43 bits per heavy atom. The number of hydrogen-bond donors (Lipinski definition) is 0. The molecule has 1 atom stereocenters. The van der Waals surface area contributed by atoms with Gasteiger partial charge in [0.25, 0.3) is 0 Å². The predicted octanol–water partition coefficient (Wildman–Crippen LogP) is 1.58. The second kappa shape index (κ2) is 4.72. The molecule has 1 unspecified atom stereocenters. The van der Waals surface area contributed by atoms with Crippen LogP contribution in [0.5, 0.6) is 0 Å². The molecule has 4 nitrogen and oxygen atoms in total. The number of ether oxygens (including phenoxy) is 2. The summed E-state index contributed by atoms with van der Waals surface area (Å²) in [5.41, 5.74) is 1.24. The highest BCUT2D eigenvalue weighted by Crippen LogP contribution is 2.14. The molecule has 76 valence electrons. The van der Waals surface area contributed by atoms with Crippen molar-refractivity contribution >= 4 is 5.97 Å². The average molecular weight is 195 g/mol. The Balaban J connectivity index is 2.83. The Morgan fingerprint density at radius 2 is 2.14 bits per heavy atom. The van der Waals surface area contributed by atoms with Gasteiger partial charge < -0.3 is 9.47 Å². The van der Waals surface area contributed by atoms with Gasteiger partial charge in [0.2, 0.25) is 0 Å². The monoisotopic (exact) mass is 195 g/mol. The zero-order valence-electron chi connectivity index (χ0n) is 8.48. The summed E-state index contributed by atoms with van der Waals surface area (Å²) in [5, 5.41) is 0. The topological polar surface area (TPSA) is 48.4 Å². The number of carbonyl (C=O) groups excluding carboxylic acids is 1. The molecule has 0 N–H and O–H groups in total. The normalized spacial score (nSPS) is 12.2. The molecule has 0 spiro atoms. The number of aromatic nitrogens is 1. The molecule has 1 aromatic rings. The second-order valence-corrected chi connectivity index (χ2v) is 2.85. The molecule has 0 saturated heterocycles. The lowest BCUT2D eigenvalue weighted by molar-refractivity contribution is 0.0593. The van der Waals surface area contributed by atoms with Crippen LogP contribution in [-0.4, -0.2) is 25.2 Å². The van der Waals surface area contributed by atoms with Crippen LogP contribution in [-0.2, 0) is 9.47 Å². The van der Waals surface area contributed by atoms with Crippen molar-refractivity contribution in [1.29, 1.82) is 0 Å². The molecule has 0 radical (unpaired) electrons. The smallest absolute Gasteiger partial charge is 0.356 e. The van der Waals surface area contributed by atoms with Crippen LogP contribution < -0.4 is 0 Å². The largest absolute Gasteiger partial charge is 0.464 e. The van der Waals surface area contributed by atoms with Crippen LogP contribution in [0.3, 0.4) is 0 Å². The van der Waals surface area contributed by atoms with Gasteiger partial charge in [0.1, 0.15) is 5.69 Å². The van der Waals surface area contributed by atoms with Crippen molar-refractivity contribution < 1.29 is 14.3 Å². The zero-order valence-corrected chi connectivity index (χ0v) is 8.48. The molecule has 4 heteroatoms. The number of pyridine rings is 1. The van der Waals surface area contributed by atoms with Gasteiger partial charge >= 0.3 is 5.97 Å². The van der Waals surface area contributed by atoms with Gasteiger partial charge in [-0.3, -0.25) is 0 Å². The summed E-state index contributed by atoms with van der Waals surface area (Å²) in [6, 6.07) is 3.42. The second-order valence-electron chi connectivity index (χ2n) is 2.85. The van der Waals surface area contributed by atoms with Crippen molar-refractivity contribution in [3.8, 4) is 0 Å². The molecule has 0 aliphatic heterocycles. The molecule has 0 aliphatic carbocycles. The van der Waals surface area contributed by atoms with E-state index in [1.165, 1.54) is 7.11 Å². The molecule has 1 aromatic heterocycles. The molecule has 0 amide bonds. The van der Waals surface area contributed by atoms with Crippen LogP contribution in [0.1, 0.15) is 29.1 Å². The summed E-state index contributed by atoms with van der Waals surface area (Å²) in [4.78, 5) is 15.0. The highest BCUT2D eigenvalue weighted by atomic mass is 16.5. The maximum Gasteiger partial charge on any atom is 0.356 e. The minimum absolute atomic E-state index is 0.0193. The zero-order chi connectivity index (χ0) is 10.6. The first-order valence-electron chi connectivity index (χ1n) is 4.26. The third-order valence-electron chi connectivity index (χ3n) is 2.00. The minimum Gasteiger partial charge on any atom is -0.464 e. The van der Waals surface area contributed by atoms with Crippen molar-refractivity contribution in [2.45, 2.75) is 13.0 Å². The van der Waals surface area contributed by atoms with Crippen LogP contribution in [0.2, 0.25) is 0 Å². The maximum atomic E-state index is 11.0. The molecular formula is C10H13NO3. The Morgan fingerprint density at radius 3 is 2.57 bits per heavy atom.